The van der Waals surface area contributed by atoms with Gasteiger partial charge in [-0.25, -0.2) is 0 Å². The molecule has 0 fully saturated rings. The molecule has 1 aromatic carbocycles. The van der Waals surface area contributed by atoms with Crippen molar-refractivity contribution < 1.29 is 4.79 Å². The first-order valence-corrected chi connectivity index (χ1v) is 5.12. The number of allylic oxidation sites excluding steroid dienone is 1. The quantitative estimate of drug-likeness (QED) is 0.537. The van der Waals surface area contributed by atoms with Crippen molar-refractivity contribution in [2.75, 3.05) is 0 Å². The van der Waals surface area contributed by atoms with Crippen LogP contribution in [0.3, 0.4) is 0 Å². The molecule has 0 heterocycles. The monoisotopic (exact) mass is 206 g/mol. The van der Waals surface area contributed by atoms with Crippen LogP contribution in [-0.2, 0) is 17.6 Å². The Morgan fingerprint density at radius 1 is 1.29 bits per heavy atom. The molecule has 1 nitrogen and oxygen atoms in total. The van der Waals surface area contributed by atoms with Crippen LogP contribution in [0.25, 0.3) is 5.03 Å². The Morgan fingerprint density at radius 2 is 2.07 bits per heavy atom. The molecule has 0 saturated carbocycles. The Balaban J connectivity index is 2.37. The van der Waals surface area contributed by atoms with Crippen molar-refractivity contribution in [2.45, 2.75) is 19.3 Å². The predicted molar refractivity (Wildman–Crippen MR) is 58.4 cm³/mol. The van der Waals surface area contributed by atoms with Crippen molar-refractivity contribution in [1.82, 2.24) is 0 Å². The molecule has 0 spiro atoms. The van der Waals surface area contributed by atoms with E-state index in [0.29, 0.717) is 5.03 Å². The zero-order valence-corrected chi connectivity index (χ0v) is 8.55. The molecule has 0 unspecified atom stereocenters. The Morgan fingerprint density at radius 3 is 2.86 bits per heavy atom. The van der Waals surface area contributed by atoms with E-state index in [9.17, 15) is 4.79 Å². The Hall–Kier alpha value is -1.08. The first-order valence-electron chi connectivity index (χ1n) is 4.74. The van der Waals surface area contributed by atoms with Crippen LogP contribution in [0.15, 0.2) is 24.3 Å². The number of hydrogen-bond donors (Lipinski definition) is 0. The molecule has 2 rings (SSSR count). The van der Waals surface area contributed by atoms with Gasteiger partial charge in [0.05, 0.1) is 5.03 Å². The zero-order valence-electron chi connectivity index (χ0n) is 7.79. The minimum atomic E-state index is 0.523. The van der Waals surface area contributed by atoms with E-state index in [1.54, 1.807) is 0 Å². The number of carbonyl (C=O) groups excluding carboxylic acids is 1. The van der Waals surface area contributed by atoms with Crippen LogP contribution in [0.5, 0.6) is 0 Å². The minimum Gasteiger partial charge on any atom is -0.299 e. The Kier molecular flexibility index (Phi) is 2.69. The predicted octanol–water partition coefficient (Wildman–Crippen LogP) is 2.95. The van der Waals surface area contributed by atoms with Crippen LogP contribution in [0.2, 0.25) is 0 Å². The van der Waals surface area contributed by atoms with Crippen LogP contribution >= 0.6 is 11.6 Å². The topological polar surface area (TPSA) is 17.1 Å². The Labute approximate surface area is 88.4 Å². The summed E-state index contributed by atoms with van der Waals surface area (Å²) in [6, 6.07) is 6.18. The summed E-state index contributed by atoms with van der Waals surface area (Å²) in [4.78, 5) is 10.3. The van der Waals surface area contributed by atoms with Crippen LogP contribution < -0.4 is 0 Å². The number of rotatable bonds is 2. The SMILES string of the molecule is O=C/C=C(\Cl)c1ccc2c(c1)CCC2. The molecule has 0 aromatic heterocycles. The van der Waals surface area contributed by atoms with Gasteiger partial charge in [0.15, 0.2) is 0 Å². The molecule has 0 atom stereocenters. The molecule has 0 bridgehead atoms. The van der Waals surface area contributed by atoms with Gasteiger partial charge < -0.3 is 0 Å². The van der Waals surface area contributed by atoms with Crippen molar-refractivity contribution in [1.29, 1.82) is 0 Å². The molecular formula is C12H11ClO. The fourth-order valence-electron chi connectivity index (χ4n) is 1.88. The number of aryl methyl sites for hydroxylation is 2. The number of aldehydes is 1. The van der Waals surface area contributed by atoms with Gasteiger partial charge in [-0.3, -0.25) is 4.79 Å². The second kappa shape index (κ2) is 3.97. The summed E-state index contributed by atoms with van der Waals surface area (Å²) in [5, 5.41) is 0.523. The first kappa shape index (κ1) is 9.47. The lowest BCUT2D eigenvalue weighted by molar-refractivity contribution is -0.104. The molecule has 2 heteroatoms. The second-order valence-electron chi connectivity index (χ2n) is 3.49. The van der Waals surface area contributed by atoms with E-state index in [2.05, 4.69) is 12.1 Å². The highest BCUT2D eigenvalue weighted by Crippen LogP contribution is 2.27. The summed E-state index contributed by atoms with van der Waals surface area (Å²) in [5.74, 6) is 0. The maximum Gasteiger partial charge on any atom is 0.144 e. The highest BCUT2D eigenvalue weighted by atomic mass is 35.5. The van der Waals surface area contributed by atoms with Crippen molar-refractivity contribution in [2.24, 2.45) is 0 Å². The largest absolute Gasteiger partial charge is 0.299 e. The van der Waals surface area contributed by atoms with E-state index in [0.717, 1.165) is 18.3 Å². The van der Waals surface area contributed by atoms with Gasteiger partial charge in [-0.2, -0.15) is 0 Å². The second-order valence-corrected chi connectivity index (χ2v) is 3.89. The van der Waals surface area contributed by atoms with E-state index >= 15 is 0 Å². The summed E-state index contributed by atoms with van der Waals surface area (Å²) < 4.78 is 0. The molecule has 1 aliphatic rings. The molecule has 1 aliphatic carbocycles. The molecule has 0 saturated heterocycles. The van der Waals surface area contributed by atoms with Gasteiger partial charge in [-0.05, 0) is 48.1 Å². The van der Waals surface area contributed by atoms with Crippen molar-refractivity contribution in [3.8, 4) is 0 Å². The normalized spacial score (nSPS) is 15.4. The lowest BCUT2D eigenvalue weighted by Crippen LogP contribution is -1.85. The van der Waals surface area contributed by atoms with Crippen LogP contribution in [0.4, 0.5) is 0 Å². The highest BCUT2D eigenvalue weighted by Gasteiger charge is 2.11. The third-order valence-corrected chi connectivity index (χ3v) is 2.93. The lowest BCUT2D eigenvalue weighted by atomic mass is 10.1. The van der Waals surface area contributed by atoms with E-state index in [1.165, 1.54) is 30.0 Å². The van der Waals surface area contributed by atoms with Gasteiger partial charge in [0.1, 0.15) is 6.29 Å². The average Bonchev–Trinajstić information content (AvgIpc) is 2.64. The zero-order chi connectivity index (χ0) is 9.97. The fourth-order valence-corrected chi connectivity index (χ4v) is 2.05. The van der Waals surface area contributed by atoms with Gasteiger partial charge in [0, 0.05) is 0 Å². The summed E-state index contributed by atoms with van der Waals surface area (Å²) >= 11 is 5.94. The molecule has 0 amide bonds. The maximum absolute atomic E-state index is 10.3. The van der Waals surface area contributed by atoms with Crippen LogP contribution in [0.1, 0.15) is 23.1 Å². The summed E-state index contributed by atoms with van der Waals surface area (Å²) in [5.41, 5.74) is 3.74. The first-order chi connectivity index (χ1) is 6.81. The van der Waals surface area contributed by atoms with E-state index in [1.807, 2.05) is 6.07 Å². The van der Waals surface area contributed by atoms with E-state index in [4.69, 9.17) is 11.6 Å². The number of carbonyl (C=O) groups is 1. The van der Waals surface area contributed by atoms with Gasteiger partial charge >= 0.3 is 0 Å². The average molecular weight is 207 g/mol. The number of halogens is 1. The van der Waals surface area contributed by atoms with Crippen molar-refractivity contribution in [3.05, 3.63) is 41.0 Å². The molecule has 14 heavy (non-hydrogen) atoms. The third kappa shape index (κ3) is 1.73. The standard InChI is InChI=1S/C12H11ClO/c13-12(6-7-14)11-5-4-9-2-1-3-10(9)8-11/h4-8H,1-3H2/b12-6-. The van der Waals surface area contributed by atoms with Crippen molar-refractivity contribution >= 4 is 22.9 Å². The van der Waals surface area contributed by atoms with Crippen LogP contribution in [0, 0.1) is 0 Å². The van der Waals surface area contributed by atoms with Gasteiger partial charge in [-0.1, -0.05) is 23.7 Å². The number of hydrogen-bond acceptors (Lipinski definition) is 1. The van der Waals surface area contributed by atoms with Gasteiger partial charge in [-0.15, -0.1) is 0 Å². The molecule has 1 aromatic rings. The summed E-state index contributed by atoms with van der Waals surface area (Å²) in [6.45, 7) is 0. The minimum absolute atomic E-state index is 0.523. The van der Waals surface area contributed by atoms with Gasteiger partial charge in [0.25, 0.3) is 0 Å². The van der Waals surface area contributed by atoms with Gasteiger partial charge in [0.2, 0.25) is 0 Å². The number of fused-ring (bicyclic) bond motifs is 1. The smallest absolute Gasteiger partial charge is 0.144 e. The Bertz CT molecular complexity index is 393. The lowest BCUT2D eigenvalue weighted by Gasteiger charge is -2.02. The molecule has 72 valence electrons. The molecule has 0 radical (unpaired) electrons. The number of benzene rings is 1. The highest BCUT2D eigenvalue weighted by molar-refractivity contribution is 6.49. The molecule has 0 N–H and O–H groups in total. The fraction of sp³-hybridized carbons (Fsp3) is 0.250. The summed E-state index contributed by atoms with van der Waals surface area (Å²) in [7, 11) is 0. The maximum atomic E-state index is 10.3. The van der Waals surface area contributed by atoms with Crippen molar-refractivity contribution in [3.63, 3.8) is 0 Å². The summed E-state index contributed by atoms with van der Waals surface area (Å²) in [6.07, 6.45) is 5.64. The molecule has 0 aliphatic heterocycles. The van der Waals surface area contributed by atoms with E-state index in [-0.39, 0.29) is 0 Å². The van der Waals surface area contributed by atoms with E-state index < -0.39 is 0 Å². The molecular weight excluding hydrogens is 196 g/mol. The third-order valence-electron chi connectivity index (χ3n) is 2.59. The van der Waals surface area contributed by atoms with Crippen LogP contribution in [-0.4, -0.2) is 6.29 Å².